The molecular weight excluding hydrogens is 360 g/mol. The second-order valence-electron chi connectivity index (χ2n) is 4.72. The minimum absolute atomic E-state index is 0.111. The van der Waals surface area contributed by atoms with Gasteiger partial charge in [0.1, 0.15) is 22.7 Å². The van der Waals surface area contributed by atoms with Crippen LogP contribution in [0.2, 0.25) is 0 Å². The number of carbonyl (C=O) groups is 1. The summed E-state index contributed by atoms with van der Waals surface area (Å²) in [6.45, 7) is 0.692. The normalized spacial score (nSPS) is 10.7. The van der Waals surface area contributed by atoms with E-state index in [1.165, 1.54) is 0 Å². The van der Waals surface area contributed by atoms with Crippen molar-refractivity contribution in [2.45, 2.75) is 13.0 Å². The number of hydrogen-bond donors (Lipinski definition) is 2. The van der Waals surface area contributed by atoms with Gasteiger partial charge < -0.3 is 15.2 Å². The monoisotopic (exact) mass is 376 g/mol. The Morgan fingerprint density at radius 1 is 1.26 bits per heavy atom. The van der Waals surface area contributed by atoms with E-state index < -0.39 is 6.09 Å². The Balaban J connectivity index is 1.67. The maximum Gasteiger partial charge on any atom is 0.407 e. The molecule has 0 fully saturated rings. The van der Waals surface area contributed by atoms with Crippen LogP contribution in [0.3, 0.4) is 0 Å². The number of amides is 1. The zero-order valence-electron chi connectivity index (χ0n) is 12.4. The molecule has 2 rings (SSSR count). The van der Waals surface area contributed by atoms with Crippen LogP contribution < -0.4 is 5.32 Å². The molecule has 1 aromatic carbocycles. The largest absolute Gasteiger partial charge is 0.506 e. The highest BCUT2D eigenvalue weighted by atomic mass is 79.9. The van der Waals surface area contributed by atoms with Crippen LogP contribution in [-0.2, 0) is 11.3 Å². The SMILES string of the molecule is O=C(NCCC=Cc1nc(Br)ccc1O)OCc1ccccc1. The predicted octanol–water partition coefficient (Wildman–Crippen LogP) is 3.88. The van der Waals surface area contributed by atoms with Crippen LogP contribution in [0.15, 0.2) is 53.1 Å². The van der Waals surface area contributed by atoms with E-state index >= 15 is 0 Å². The van der Waals surface area contributed by atoms with Gasteiger partial charge in [-0.1, -0.05) is 36.4 Å². The van der Waals surface area contributed by atoms with Gasteiger partial charge >= 0.3 is 6.09 Å². The maximum atomic E-state index is 11.5. The zero-order chi connectivity index (χ0) is 16.5. The molecule has 0 aliphatic rings. The van der Waals surface area contributed by atoms with Gasteiger partial charge in [-0.05, 0) is 46.1 Å². The molecule has 1 heterocycles. The highest BCUT2D eigenvalue weighted by molar-refractivity contribution is 9.10. The summed E-state index contributed by atoms with van der Waals surface area (Å²) in [4.78, 5) is 15.7. The lowest BCUT2D eigenvalue weighted by Gasteiger charge is -2.05. The maximum absolute atomic E-state index is 11.5. The number of aromatic nitrogens is 1. The molecule has 5 nitrogen and oxygen atoms in total. The molecule has 2 N–H and O–H groups in total. The first-order valence-corrected chi connectivity index (χ1v) is 7.91. The Morgan fingerprint density at radius 3 is 2.83 bits per heavy atom. The lowest BCUT2D eigenvalue weighted by atomic mass is 10.2. The number of hydrogen-bond acceptors (Lipinski definition) is 4. The molecule has 6 heteroatoms. The number of rotatable bonds is 6. The van der Waals surface area contributed by atoms with Gasteiger partial charge in [0.05, 0.1) is 0 Å². The number of benzene rings is 1. The molecule has 120 valence electrons. The van der Waals surface area contributed by atoms with Crippen LogP contribution in [0, 0.1) is 0 Å². The van der Waals surface area contributed by atoms with E-state index in [1.807, 2.05) is 36.4 Å². The minimum Gasteiger partial charge on any atom is -0.506 e. The molecule has 0 aliphatic heterocycles. The lowest BCUT2D eigenvalue weighted by Crippen LogP contribution is -2.24. The molecule has 23 heavy (non-hydrogen) atoms. The van der Waals surface area contributed by atoms with Crippen LogP contribution in [0.25, 0.3) is 6.08 Å². The Kier molecular flexibility index (Phi) is 6.62. The first kappa shape index (κ1) is 17.0. The van der Waals surface area contributed by atoms with Gasteiger partial charge in [0.25, 0.3) is 0 Å². The second kappa shape index (κ2) is 8.95. The summed E-state index contributed by atoms with van der Waals surface area (Å²) in [6.07, 6.45) is 3.68. The molecule has 0 saturated heterocycles. The van der Waals surface area contributed by atoms with Crippen molar-refractivity contribution < 1.29 is 14.6 Å². The quantitative estimate of drug-likeness (QED) is 0.592. The third kappa shape index (κ3) is 6.12. The van der Waals surface area contributed by atoms with Crippen molar-refractivity contribution in [3.05, 3.63) is 64.4 Å². The van der Waals surface area contributed by atoms with Gasteiger partial charge in [0.15, 0.2) is 0 Å². The Bertz CT molecular complexity index is 675. The number of nitrogens with zero attached hydrogens (tertiary/aromatic N) is 1. The summed E-state index contributed by atoms with van der Waals surface area (Å²) in [5, 5.41) is 12.3. The fraction of sp³-hybridized carbons (Fsp3) is 0.176. The zero-order valence-corrected chi connectivity index (χ0v) is 14.0. The standard InChI is InChI=1S/C17H17BrN2O3/c18-16-10-9-15(21)14(20-16)8-4-5-11-19-17(22)23-12-13-6-2-1-3-7-13/h1-4,6-10,21H,5,11-12H2,(H,19,22). The Hall–Kier alpha value is -2.34. The molecule has 0 unspecified atom stereocenters. The molecule has 0 aliphatic carbocycles. The van der Waals surface area contributed by atoms with E-state index in [9.17, 15) is 9.90 Å². The van der Waals surface area contributed by atoms with Crippen molar-refractivity contribution in [3.8, 4) is 5.75 Å². The fourth-order valence-corrected chi connectivity index (χ4v) is 2.12. The predicted molar refractivity (Wildman–Crippen MR) is 91.9 cm³/mol. The van der Waals surface area contributed by atoms with Crippen molar-refractivity contribution in [1.29, 1.82) is 0 Å². The summed E-state index contributed by atoms with van der Waals surface area (Å²) in [7, 11) is 0. The van der Waals surface area contributed by atoms with Crippen LogP contribution >= 0.6 is 15.9 Å². The number of ether oxygens (including phenoxy) is 1. The minimum atomic E-state index is -0.453. The average molecular weight is 377 g/mol. The van der Waals surface area contributed by atoms with E-state index in [0.29, 0.717) is 23.3 Å². The number of carbonyl (C=O) groups excluding carboxylic acids is 1. The molecule has 1 amide bonds. The van der Waals surface area contributed by atoms with Crippen molar-refractivity contribution in [2.24, 2.45) is 0 Å². The number of halogens is 1. The number of pyridine rings is 1. The molecule has 2 aromatic rings. The van der Waals surface area contributed by atoms with Crippen molar-refractivity contribution in [2.75, 3.05) is 6.54 Å². The highest BCUT2D eigenvalue weighted by Crippen LogP contribution is 2.19. The first-order valence-electron chi connectivity index (χ1n) is 7.12. The van der Waals surface area contributed by atoms with E-state index in [4.69, 9.17) is 4.74 Å². The smallest absolute Gasteiger partial charge is 0.407 e. The highest BCUT2D eigenvalue weighted by Gasteiger charge is 2.01. The molecule has 0 spiro atoms. The van der Waals surface area contributed by atoms with E-state index in [2.05, 4.69) is 26.2 Å². The molecule has 1 aromatic heterocycles. The van der Waals surface area contributed by atoms with Crippen LogP contribution in [0.1, 0.15) is 17.7 Å². The van der Waals surface area contributed by atoms with Gasteiger partial charge in [-0.15, -0.1) is 0 Å². The van der Waals surface area contributed by atoms with Gasteiger partial charge in [0, 0.05) is 6.54 Å². The summed E-state index contributed by atoms with van der Waals surface area (Å²) < 4.78 is 5.75. The van der Waals surface area contributed by atoms with Gasteiger partial charge in [-0.3, -0.25) is 0 Å². The lowest BCUT2D eigenvalue weighted by molar-refractivity contribution is 0.140. The van der Waals surface area contributed by atoms with Crippen LogP contribution in [-0.4, -0.2) is 22.7 Å². The Labute approximate surface area is 143 Å². The van der Waals surface area contributed by atoms with E-state index in [1.54, 1.807) is 18.2 Å². The fourth-order valence-electron chi connectivity index (χ4n) is 1.79. The van der Waals surface area contributed by atoms with Crippen molar-refractivity contribution in [1.82, 2.24) is 10.3 Å². The summed E-state index contributed by atoms with van der Waals surface area (Å²) in [6, 6.07) is 12.7. The second-order valence-corrected chi connectivity index (χ2v) is 5.53. The number of aromatic hydroxyl groups is 1. The van der Waals surface area contributed by atoms with Crippen LogP contribution in [0.5, 0.6) is 5.75 Å². The summed E-state index contributed by atoms with van der Waals surface area (Å²) in [5.74, 6) is 0.111. The summed E-state index contributed by atoms with van der Waals surface area (Å²) >= 11 is 3.24. The van der Waals surface area contributed by atoms with Gasteiger partial charge in [0.2, 0.25) is 0 Å². The molecular formula is C17H17BrN2O3. The third-order valence-electron chi connectivity index (χ3n) is 2.94. The number of alkyl carbamates (subject to hydrolysis) is 1. The molecule has 0 saturated carbocycles. The van der Waals surface area contributed by atoms with Crippen molar-refractivity contribution in [3.63, 3.8) is 0 Å². The molecule has 0 atom stereocenters. The van der Waals surface area contributed by atoms with Gasteiger partial charge in [-0.25, -0.2) is 9.78 Å². The topological polar surface area (TPSA) is 71.5 Å². The van der Waals surface area contributed by atoms with Crippen molar-refractivity contribution >= 4 is 28.1 Å². The summed E-state index contributed by atoms with van der Waals surface area (Å²) in [5.41, 5.74) is 1.42. The molecule has 0 radical (unpaired) electrons. The van der Waals surface area contributed by atoms with Crippen LogP contribution in [0.4, 0.5) is 4.79 Å². The molecule has 0 bridgehead atoms. The van der Waals surface area contributed by atoms with E-state index in [-0.39, 0.29) is 12.4 Å². The Morgan fingerprint density at radius 2 is 2.04 bits per heavy atom. The number of nitrogens with one attached hydrogen (secondary N) is 1. The third-order valence-corrected chi connectivity index (χ3v) is 3.38. The average Bonchev–Trinajstić information content (AvgIpc) is 2.56. The van der Waals surface area contributed by atoms with Gasteiger partial charge in [-0.2, -0.15) is 0 Å². The van der Waals surface area contributed by atoms with E-state index in [0.717, 1.165) is 5.56 Å². The first-order chi connectivity index (χ1) is 11.1.